The van der Waals surface area contributed by atoms with Gasteiger partial charge in [-0.1, -0.05) is 17.7 Å². The van der Waals surface area contributed by atoms with E-state index >= 15 is 0 Å². The first-order valence-corrected chi connectivity index (χ1v) is 8.04. The highest BCUT2D eigenvalue weighted by atomic mass is 35.5. The van der Waals surface area contributed by atoms with Gasteiger partial charge in [0.2, 0.25) is 5.91 Å². The summed E-state index contributed by atoms with van der Waals surface area (Å²) in [5.41, 5.74) is 1.52. The van der Waals surface area contributed by atoms with Gasteiger partial charge in [0.15, 0.2) is 0 Å². The largest absolute Gasteiger partial charge is 0.375 e. The molecule has 126 valence electrons. The molecule has 1 aliphatic heterocycles. The van der Waals surface area contributed by atoms with Gasteiger partial charge in [-0.3, -0.25) is 4.79 Å². The maximum atomic E-state index is 12.0. The summed E-state index contributed by atoms with van der Waals surface area (Å²) in [5, 5.41) is 6.17. The van der Waals surface area contributed by atoms with Crippen molar-refractivity contribution in [1.82, 2.24) is 10.2 Å². The molecule has 0 radical (unpaired) electrons. The van der Waals surface area contributed by atoms with Crippen LogP contribution in [0, 0.1) is 6.92 Å². The minimum atomic E-state index is -0.161. The Bertz CT molecular complexity index is 580. The van der Waals surface area contributed by atoms with E-state index in [1.807, 2.05) is 13.8 Å². The molecule has 0 bridgehead atoms. The van der Waals surface area contributed by atoms with E-state index in [2.05, 4.69) is 10.6 Å². The van der Waals surface area contributed by atoms with Crippen LogP contribution in [0.4, 0.5) is 10.5 Å². The molecule has 1 unspecified atom stereocenters. The maximum Gasteiger partial charge on any atom is 0.317 e. The smallest absolute Gasteiger partial charge is 0.317 e. The van der Waals surface area contributed by atoms with Gasteiger partial charge in [-0.15, -0.1) is 0 Å². The Morgan fingerprint density at radius 3 is 2.96 bits per heavy atom. The summed E-state index contributed by atoms with van der Waals surface area (Å²) in [6.07, 6.45) is 0.251. The fourth-order valence-corrected chi connectivity index (χ4v) is 2.53. The summed E-state index contributed by atoms with van der Waals surface area (Å²) >= 11 is 6.02. The highest BCUT2D eigenvalue weighted by Gasteiger charge is 2.21. The topological polar surface area (TPSA) is 70.7 Å². The summed E-state index contributed by atoms with van der Waals surface area (Å²) in [7, 11) is 0. The van der Waals surface area contributed by atoms with Crippen molar-refractivity contribution in [3.63, 3.8) is 0 Å². The standard InChI is InChI=1S/C16H22ClN3O3/c1-11-10-20(8-9-23-11)16(22)18-7-6-15(21)19-14-5-3-4-13(17)12(14)2/h3-5,11H,6-10H2,1-2H3,(H,18,22)(H,19,21). The zero-order valence-corrected chi connectivity index (χ0v) is 14.2. The number of hydrogen-bond donors (Lipinski definition) is 2. The first-order chi connectivity index (χ1) is 11.0. The predicted molar refractivity (Wildman–Crippen MR) is 89.8 cm³/mol. The zero-order valence-electron chi connectivity index (χ0n) is 13.4. The van der Waals surface area contributed by atoms with Gasteiger partial charge in [-0.05, 0) is 31.5 Å². The second kappa shape index (κ2) is 8.17. The number of anilines is 1. The van der Waals surface area contributed by atoms with E-state index in [0.29, 0.717) is 30.4 Å². The second-order valence-electron chi connectivity index (χ2n) is 5.57. The molecule has 23 heavy (non-hydrogen) atoms. The van der Waals surface area contributed by atoms with Crippen LogP contribution in [0.5, 0.6) is 0 Å². The molecule has 0 aliphatic carbocycles. The highest BCUT2D eigenvalue weighted by Crippen LogP contribution is 2.22. The summed E-state index contributed by atoms with van der Waals surface area (Å²) in [6, 6.07) is 5.20. The van der Waals surface area contributed by atoms with E-state index in [9.17, 15) is 9.59 Å². The number of carbonyl (C=O) groups excluding carboxylic acids is 2. The fourth-order valence-electron chi connectivity index (χ4n) is 2.35. The Balaban J connectivity index is 1.74. The lowest BCUT2D eigenvalue weighted by Crippen LogP contribution is -2.49. The number of amides is 3. The van der Waals surface area contributed by atoms with Crippen LogP contribution in [0.3, 0.4) is 0 Å². The van der Waals surface area contributed by atoms with Gasteiger partial charge in [-0.2, -0.15) is 0 Å². The number of carbonyl (C=O) groups is 2. The van der Waals surface area contributed by atoms with Gasteiger partial charge >= 0.3 is 6.03 Å². The third-order valence-corrected chi connectivity index (χ3v) is 4.11. The minimum absolute atomic E-state index is 0.0450. The van der Waals surface area contributed by atoms with Crippen molar-refractivity contribution in [2.45, 2.75) is 26.4 Å². The zero-order chi connectivity index (χ0) is 16.8. The lowest BCUT2D eigenvalue weighted by atomic mass is 10.2. The Hall–Kier alpha value is -1.79. The number of nitrogens with zero attached hydrogens (tertiary/aromatic N) is 1. The molecule has 3 amide bonds. The summed E-state index contributed by atoms with van der Waals surface area (Å²) < 4.78 is 5.39. The van der Waals surface area contributed by atoms with Gasteiger partial charge in [-0.25, -0.2) is 4.79 Å². The number of urea groups is 1. The number of hydrogen-bond acceptors (Lipinski definition) is 3. The molecule has 6 nitrogen and oxygen atoms in total. The van der Waals surface area contributed by atoms with Crippen LogP contribution in [0.1, 0.15) is 18.9 Å². The number of ether oxygens (including phenoxy) is 1. The van der Waals surface area contributed by atoms with E-state index < -0.39 is 0 Å². The monoisotopic (exact) mass is 339 g/mol. The van der Waals surface area contributed by atoms with Crippen LogP contribution in [-0.4, -0.2) is 49.2 Å². The lowest BCUT2D eigenvalue weighted by Gasteiger charge is -2.31. The fraction of sp³-hybridized carbons (Fsp3) is 0.500. The van der Waals surface area contributed by atoms with Crippen LogP contribution in [0.15, 0.2) is 18.2 Å². The summed E-state index contributed by atoms with van der Waals surface area (Å²) in [5.74, 6) is -0.161. The third kappa shape index (κ3) is 5.11. The van der Waals surface area contributed by atoms with E-state index in [1.165, 1.54) is 0 Å². The van der Waals surface area contributed by atoms with Gasteiger partial charge in [0.25, 0.3) is 0 Å². The van der Waals surface area contributed by atoms with E-state index in [0.717, 1.165) is 5.56 Å². The van der Waals surface area contributed by atoms with Gasteiger partial charge in [0.05, 0.1) is 12.7 Å². The molecule has 7 heteroatoms. The SMILES string of the molecule is Cc1c(Cl)cccc1NC(=O)CCNC(=O)N1CCOC(C)C1. The average Bonchev–Trinajstić information content (AvgIpc) is 2.52. The minimum Gasteiger partial charge on any atom is -0.375 e. The van der Waals surface area contributed by atoms with E-state index in [-0.39, 0.29) is 31.0 Å². The van der Waals surface area contributed by atoms with Crippen LogP contribution >= 0.6 is 11.6 Å². The quantitative estimate of drug-likeness (QED) is 0.885. The maximum absolute atomic E-state index is 12.0. The predicted octanol–water partition coefficient (Wildman–Crippen LogP) is 2.41. The first kappa shape index (κ1) is 17.6. The summed E-state index contributed by atoms with van der Waals surface area (Å²) in [4.78, 5) is 25.6. The van der Waals surface area contributed by atoms with Gasteiger partial charge in [0.1, 0.15) is 0 Å². The highest BCUT2D eigenvalue weighted by molar-refractivity contribution is 6.31. The molecule has 1 aromatic carbocycles. The number of halogens is 1. The number of nitrogens with one attached hydrogen (secondary N) is 2. The van der Waals surface area contributed by atoms with Crippen LogP contribution in [-0.2, 0) is 9.53 Å². The molecule has 1 saturated heterocycles. The Kier molecular flexibility index (Phi) is 6.24. The van der Waals surface area contributed by atoms with Crippen molar-refractivity contribution in [2.75, 3.05) is 31.6 Å². The van der Waals surface area contributed by atoms with Crippen molar-refractivity contribution in [3.8, 4) is 0 Å². The average molecular weight is 340 g/mol. The second-order valence-corrected chi connectivity index (χ2v) is 5.98. The molecule has 1 aromatic rings. The van der Waals surface area contributed by atoms with E-state index in [1.54, 1.807) is 23.1 Å². The normalized spacial score (nSPS) is 17.7. The number of morpholine rings is 1. The van der Waals surface area contributed by atoms with Crippen molar-refractivity contribution >= 4 is 29.2 Å². The molecule has 0 aromatic heterocycles. The Labute approximate surface area is 141 Å². The molecule has 0 spiro atoms. The van der Waals surface area contributed by atoms with Crippen LogP contribution in [0.2, 0.25) is 5.02 Å². The van der Waals surface area contributed by atoms with Crippen LogP contribution in [0.25, 0.3) is 0 Å². The molecule has 1 atom stereocenters. The summed E-state index contributed by atoms with van der Waals surface area (Å²) in [6.45, 7) is 5.75. The Morgan fingerprint density at radius 1 is 1.43 bits per heavy atom. The van der Waals surface area contributed by atoms with Gasteiger partial charge < -0.3 is 20.3 Å². The molecule has 1 fully saturated rings. The molecule has 0 saturated carbocycles. The van der Waals surface area contributed by atoms with Crippen molar-refractivity contribution < 1.29 is 14.3 Å². The van der Waals surface area contributed by atoms with Crippen LogP contribution < -0.4 is 10.6 Å². The van der Waals surface area contributed by atoms with Crippen molar-refractivity contribution in [3.05, 3.63) is 28.8 Å². The van der Waals surface area contributed by atoms with Gasteiger partial charge in [0, 0.05) is 36.8 Å². The molecular weight excluding hydrogens is 318 g/mol. The Morgan fingerprint density at radius 2 is 2.22 bits per heavy atom. The van der Waals surface area contributed by atoms with E-state index in [4.69, 9.17) is 16.3 Å². The molecule has 1 heterocycles. The molecule has 2 N–H and O–H groups in total. The molecular formula is C16H22ClN3O3. The first-order valence-electron chi connectivity index (χ1n) is 7.66. The van der Waals surface area contributed by atoms with Crippen molar-refractivity contribution in [1.29, 1.82) is 0 Å². The number of rotatable bonds is 4. The molecule has 2 rings (SSSR count). The third-order valence-electron chi connectivity index (χ3n) is 3.70. The lowest BCUT2D eigenvalue weighted by molar-refractivity contribution is -0.116. The molecule has 1 aliphatic rings. The van der Waals surface area contributed by atoms with Crippen molar-refractivity contribution in [2.24, 2.45) is 0 Å². The number of benzene rings is 1.